The molecule has 3 heterocycles. The Morgan fingerprint density at radius 1 is 0.864 bits per heavy atom. The summed E-state index contributed by atoms with van der Waals surface area (Å²) < 4.78 is 54.6. The molecule has 0 saturated carbocycles. The van der Waals surface area contributed by atoms with Crippen LogP contribution in [0.5, 0.6) is 0 Å². The Morgan fingerprint density at radius 3 is 2.05 bits per heavy atom. The molecule has 0 radical (unpaired) electrons. The summed E-state index contributed by atoms with van der Waals surface area (Å²) in [5, 5.41) is 10.4. The maximum Gasteiger partial charge on any atom is 0.417 e. The van der Waals surface area contributed by atoms with E-state index >= 15 is 0 Å². The monoisotopic (exact) mass is 879 g/mol. The molecular weight excluding hydrogens is 830 g/mol. The quantitative estimate of drug-likeness (QED) is 0.0802. The van der Waals surface area contributed by atoms with Crippen molar-refractivity contribution in [2.24, 2.45) is 0 Å². The highest BCUT2D eigenvalue weighted by atomic mass is 79.9. The van der Waals surface area contributed by atoms with Crippen LogP contribution in [0.2, 0.25) is 0 Å². The number of aliphatic hydroxyl groups excluding tert-OH is 1. The third-order valence-electron chi connectivity index (χ3n) is 10.1. The number of hydrogen-bond donors (Lipinski definition) is 1. The van der Waals surface area contributed by atoms with Crippen LogP contribution in [0.3, 0.4) is 0 Å². The van der Waals surface area contributed by atoms with Crippen LogP contribution in [0.4, 0.5) is 4.79 Å². The van der Waals surface area contributed by atoms with Crippen molar-refractivity contribution in [2.75, 3.05) is 34.0 Å². The van der Waals surface area contributed by atoms with Gasteiger partial charge in [-0.2, -0.15) is 0 Å². The Hall–Kier alpha value is -4.45. The van der Waals surface area contributed by atoms with Gasteiger partial charge in [0.05, 0.1) is 30.3 Å². The molecule has 2 aliphatic rings. The fourth-order valence-electron chi connectivity index (χ4n) is 7.21. The summed E-state index contributed by atoms with van der Waals surface area (Å²) in [6, 6.07) is 29.8. The minimum Gasteiger partial charge on any atom is -0.461 e. The summed E-state index contributed by atoms with van der Waals surface area (Å²) in [4.78, 5) is 40.3. The van der Waals surface area contributed by atoms with Gasteiger partial charge in [-0.15, -0.1) is 0 Å². The van der Waals surface area contributed by atoms with Crippen LogP contribution >= 0.6 is 15.9 Å². The smallest absolute Gasteiger partial charge is 0.417 e. The van der Waals surface area contributed by atoms with Crippen LogP contribution < -0.4 is 0 Å². The van der Waals surface area contributed by atoms with Crippen molar-refractivity contribution in [3.8, 4) is 0 Å². The molecule has 4 aromatic rings. The third kappa shape index (κ3) is 11.4. The summed E-state index contributed by atoms with van der Waals surface area (Å²) in [6.07, 6.45) is -6.14. The molecule has 2 amide bonds. The molecule has 0 bridgehead atoms. The lowest BCUT2D eigenvalue weighted by atomic mass is 9.98. The zero-order valence-electron chi connectivity index (χ0n) is 33.2. The first kappa shape index (κ1) is 44.1. The SMILES string of the molecule is CO[C@H]1O[C@H](CO)[C@@H](OCc2ccccc2)[C@H](OCc2ccccc2)[C@@H]1OCCCc1oc([C@@H](OC(C)=O)[C@H](OC)C(=O)N2C(=O)OC[C@@H]2Cc2ccccc2)cc1Br. The number of imide groups is 1. The number of halogens is 1. The second kappa shape index (κ2) is 21.7. The van der Waals surface area contributed by atoms with Crippen LogP contribution in [0.1, 0.15) is 47.7 Å². The predicted molar refractivity (Wildman–Crippen MR) is 215 cm³/mol. The maximum atomic E-state index is 14.0. The van der Waals surface area contributed by atoms with Crippen molar-refractivity contribution < 1.29 is 61.8 Å². The van der Waals surface area contributed by atoms with Crippen LogP contribution in [0.25, 0.3) is 0 Å². The topological polar surface area (TPSA) is 162 Å². The largest absolute Gasteiger partial charge is 0.461 e. The zero-order valence-corrected chi connectivity index (χ0v) is 34.8. The van der Waals surface area contributed by atoms with E-state index < -0.39 is 66.9 Å². The van der Waals surface area contributed by atoms with E-state index in [1.807, 2.05) is 91.0 Å². The molecule has 1 aromatic heterocycles. The number of furan rings is 1. The van der Waals surface area contributed by atoms with E-state index in [9.17, 15) is 19.5 Å². The Labute approximate surface area is 351 Å². The van der Waals surface area contributed by atoms with Gasteiger partial charge in [-0.05, 0) is 51.5 Å². The molecule has 0 unspecified atom stereocenters. The number of hydrogen-bond acceptors (Lipinski definition) is 13. The van der Waals surface area contributed by atoms with E-state index in [4.69, 9.17) is 42.3 Å². The van der Waals surface area contributed by atoms with Crippen LogP contribution in [0.15, 0.2) is 106 Å². The first-order chi connectivity index (χ1) is 28.7. The fourth-order valence-corrected chi connectivity index (χ4v) is 7.72. The molecule has 1 N–H and O–H groups in total. The van der Waals surface area contributed by atoms with Gasteiger partial charge >= 0.3 is 12.1 Å². The molecule has 15 heteroatoms. The Kier molecular flexibility index (Phi) is 16.2. The van der Waals surface area contributed by atoms with Gasteiger partial charge in [0.2, 0.25) is 0 Å². The molecule has 14 nitrogen and oxygen atoms in total. The molecule has 2 fully saturated rings. The van der Waals surface area contributed by atoms with Crippen molar-refractivity contribution >= 4 is 33.9 Å². The average molecular weight is 881 g/mol. The minimum atomic E-state index is -1.43. The molecule has 8 atom stereocenters. The second-order valence-corrected chi connectivity index (χ2v) is 15.0. The molecule has 2 aliphatic heterocycles. The maximum absolute atomic E-state index is 14.0. The lowest BCUT2D eigenvalue weighted by Crippen LogP contribution is -2.61. The Morgan fingerprint density at radius 2 is 1.47 bits per heavy atom. The first-order valence-electron chi connectivity index (χ1n) is 19.4. The normalized spacial score (nSPS) is 22.8. The summed E-state index contributed by atoms with van der Waals surface area (Å²) in [5.41, 5.74) is 2.81. The van der Waals surface area contributed by atoms with Crippen LogP contribution in [-0.2, 0) is 73.5 Å². The van der Waals surface area contributed by atoms with E-state index in [1.165, 1.54) is 21.1 Å². The number of cyclic esters (lactones) is 1. The van der Waals surface area contributed by atoms with Gasteiger partial charge in [-0.3, -0.25) is 9.59 Å². The number of amides is 2. The number of ether oxygens (including phenoxy) is 8. The second-order valence-electron chi connectivity index (χ2n) is 14.2. The number of methoxy groups -OCH3 is 2. The summed E-state index contributed by atoms with van der Waals surface area (Å²) in [6.45, 7) is 1.62. The Balaban J connectivity index is 1.15. The molecular formula is C44H50BrNO13. The van der Waals surface area contributed by atoms with Gasteiger partial charge in [-0.1, -0.05) is 91.0 Å². The van der Waals surface area contributed by atoms with Crippen molar-refractivity contribution in [1.29, 1.82) is 0 Å². The average Bonchev–Trinajstić information content (AvgIpc) is 3.81. The lowest BCUT2D eigenvalue weighted by molar-refractivity contribution is -0.319. The summed E-state index contributed by atoms with van der Waals surface area (Å²) in [5.74, 6) is -0.781. The van der Waals surface area contributed by atoms with Gasteiger partial charge in [0.25, 0.3) is 5.91 Å². The first-order valence-corrected chi connectivity index (χ1v) is 20.2. The van der Waals surface area contributed by atoms with Gasteiger partial charge < -0.3 is 47.4 Å². The van der Waals surface area contributed by atoms with Crippen molar-refractivity contribution in [3.63, 3.8) is 0 Å². The summed E-state index contributed by atoms with van der Waals surface area (Å²) >= 11 is 3.56. The highest BCUT2D eigenvalue weighted by Crippen LogP contribution is 2.34. The summed E-state index contributed by atoms with van der Waals surface area (Å²) in [7, 11) is 2.80. The van der Waals surface area contributed by atoms with E-state index in [0.29, 0.717) is 29.5 Å². The zero-order chi connectivity index (χ0) is 41.7. The fraction of sp³-hybridized carbons (Fsp3) is 0.432. The third-order valence-corrected chi connectivity index (χ3v) is 10.7. The number of rotatable bonds is 20. The Bertz CT molecular complexity index is 1930. The van der Waals surface area contributed by atoms with Crippen molar-refractivity contribution in [2.45, 2.75) is 88.4 Å². The lowest BCUT2D eigenvalue weighted by Gasteiger charge is -2.45. The van der Waals surface area contributed by atoms with E-state index in [-0.39, 0.29) is 38.8 Å². The van der Waals surface area contributed by atoms with E-state index in [2.05, 4.69) is 15.9 Å². The number of nitrogens with zero attached hydrogens (tertiary/aromatic N) is 1. The van der Waals surface area contributed by atoms with Crippen molar-refractivity contribution in [1.82, 2.24) is 4.90 Å². The molecule has 0 spiro atoms. The highest BCUT2D eigenvalue weighted by Gasteiger charge is 2.49. The number of carbonyl (C=O) groups excluding carboxylic acids is 3. The van der Waals surface area contributed by atoms with Crippen LogP contribution in [0, 0.1) is 0 Å². The molecule has 2 saturated heterocycles. The van der Waals surface area contributed by atoms with Crippen LogP contribution in [-0.4, -0.2) is 105 Å². The standard InChI is InChI=1S/C44H50BrNO13/c1-28(48)57-38(40(51-2)42(49)46-32(27-56-44(46)50)22-29-14-7-4-8-15-29)35-23-33(45)34(58-35)20-13-21-53-41-39(55-26-31-18-11-6-12-19-31)37(36(24-47)59-43(41)52-3)54-25-30-16-9-5-10-17-30/h4-12,14-19,23,32,36-41,43,47H,13,20-22,24-27H2,1-3H3/t32-,36+,37+,38+,39-,40-,41-,43-/m0/s1. The van der Waals surface area contributed by atoms with Gasteiger partial charge in [-0.25, -0.2) is 9.69 Å². The molecule has 59 heavy (non-hydrogen) atoms. The number of aliphatic hydroxyl groups is 1. The van der Waals surface area contributed by atoms with E-state index in [1.54, 1.807) is 6.07 Å². The van der Waals surface area contributed by atoms with E-state index in [0.717, 1.165) is 21.6 Å². The highest BCUT2D eigenvalue weighted by molar-refractivity contribution is 9.10. The van der Waals surface area contributed by atoms with Gasteiger partial charge in [0.15, 0.2) is 18.5 Å². The van der Waals surface area contributed by atoms with Crippen molar-refractivity contribution in [3.05, 3.63) is 130 Å². The van der Waals surface area contributed by atoms with Gasteiger partial charge in [0.1, 0.15) is 42.5 Å². The number of benzene rings is 3. The number of esters is 1. The molecule has 316 valence electrons. The molecule has 6 rings (SSSR count). The van der Waals surface area contributed by atoms with Gasteiger partial charge in [0, 0.05) is 34.2 Å². The number of aryl methyl sites for hydroxylation is 1. The predicted octanol–water partition coefficient (Wildman–Crippen LogP) is 6.10. The number of carbonyl (C=O) groups is 3. The molecule has 3 aromatic carbocycles. The molecule has 0 aliphatic carbocycles. The minimum absolute atomic E-state index is 0.00798.